The number of benzene rings is 1. The summed E-state index contributed by atoms with van der Waals surface area (Å²) in [5.74, 6) is -0.0481. The van der Waals surface area contributed by atoms with Crippen LogP contribution in [-0.4, -0.2) is 42.3 Å². The van der Waals surface area contributed by atoms with E-state index in [4.69, 9.17) is 4.74 Å². The van der Waals surface area contributed by atoms with E-state index in [-0.39, 0.29) is 12.4 Å². The number of hydrogen-bond donors (Lipinski definition) is 2. The minimum absolute atomic E-state index is 0.0481. The van der Waals surface area contributed by atoms with Crippen molar-refractivity contribution in [2.45, 2.75) is 38.5 Å². The van der Waals surface area contributed by atoms with Crippen LogP contribution in [0.15, 0.2) is 47.8 Å². The van der Waals surface area contributed by atoms with E-state index in [0.29, 0.717) is 24.6 Å². The van der Waals surface area contributed by atoms with Gasteiger partial charge in [0.05, 0.1) is 12.7 Å². The van der Waals surface area contributed by atoms with E-state index in [0.717, 1.165) is 4.88 Å². The first-order valence-corrected chi connectivity index (χ1v) is 9.09. The summed E-state index contributed by atoms with van der Waals surface area (Å²) < 4.78 is 5.79. The van der Waals surface area contributed by atoms with Crippen molar-refractivity contribution < 1.29 is 14.6 Å². The van der Waals surface area contributed by atoms with Gasteiger partial charge >= 0.3 is 0 Å². The highest BCUT2D eigenvalue weighted by Gasteiger charge is 2.23. The maximum atomic E-state index is 12.7. The number of rotatable bonds is 10. The van der Waals surface area contributed by atoms with Crippen molar-refractivity contribution in [2.24, 2.45) is 0 Å². The Labute approximate surface area is 147 Å². The second-order valence-electron chi connectivity index (χ2n) is 6.05. The van der Waals surface area contributed by atoms with Crippen molar-refractivity contribution in [3.63, 3.8) is 0 Å². The number of carbonyl (C=O) groups is 1. The van der Waals surface area contributed by atoms with E-state index in [9.17, 15) is 9.90 Å². The molecule has 0 aliphatic carbocycles. The molecule has 0 fully saturated rings. The van der Waals surface area contributed by atoms with Crippen LogP contribution in [0.1, 0.15) is 29.1 Å². The fraction of sp³-hybridized carbons (Fsp3) is 0.421. The quantitative estimate of drug-likeness (QED) is 0.649. The lowest BCUT2D eigenvalue weighted by Gasteiger charge is -2.20. The zero-order valence-electron chi connectivity index (χ0n) is 14.1. The maximum Gasteiger partial charge on any atom is 0.191 e. The number of thiophene rings is 1. The van der Waals surface area contributed by atoms with Crippen LogP contribution in [0.25, 0.3) is 0 Å². The van der Waals surface area contributed by atoms with Gasteiger partial charge in [-0.2, -0.15) is 0 Å². The second-order valence-corrected chi connectivity index (χ2v) is 7.08. The molecule has 0 saturated heterocycles. The summed E-state index contributed by atoms with van der Waals surface area (Å²) >= 11 is 1.61. The molecule has 0 saturated carbocycles. The molecule has 0 aliphatic rings. The molecule has 5 heteroatoms. The Morgan fingerprint density at radius 2 is 1.96 bits per heavy atom. The van der Waals surface area contributed by atoms with Crippen molar-refractivity contribution >= 4 is 17.1 Å². The topological polar surface area (TPSA) is 58.6 Å². The number of aliphatic hydroxyl groups excluding tert-OH is 1. The van der Waals surface area contributed by atoms with Crippen LogP contribution >= 0.6 is 11.3 Å². The van der Waals surface area contributed by atoms with E-state index in [1.165, 1.54) is 0 Å². The van der Waals surface area contributed by atoms with Crippen molar-refractivity contribution in [2.75, 3.05) is 13.2 Å². The molecule has 4 nitrogen and oxygen atoms in total. The predicted molar refractivity (Wildman–Crippen MR) is 97.7 cm³/mol. The normalized spacial score (nSPS) is 13.8. The molecule has 2 aromatic rings. The predicted octanol–water partition coefficient (Wildman–Crippen LogP) is 2.92. The van der Waals surface area contributed by atoms with Gasteiger partial charge in [0.25, 0.3) is 0 Å². The van der Waals surface area contributed by atoms with Gasteiger partial charge in [0.1, 0.15) is 6.10 Å². The molecular weight excluding hydrogens is 322 g/mol. The largest absolute Gasteiger partial charge is 0.389 e. The van der Waals surface area contributed by atoms with Crippen molar-refractivity contribution in [1.82, 2.24) is 5.32 Å². The number of aliphatic hydroxyl groups is 1. The van der Waals surface area contributed by atoms with Crippen LogP contribution in [0.3, 0.4) is 0 Å². The molecule has 0 spiro atoms. The lowest BCUT2D eigenvalue weighted by Crippen LogP contribution is -2.37. The van der Waals surface area contributed by atoms with E-state index < -0.39 is 12.2 Å². The fourth-order valence-corrected chi connectivity index (χ4v) is 3.02. The summed E-state index contributed by atoms with van der Waals surface area (Å²) in [6.45, 7) is 4.62. The highest BCUT2D eigenvalue weighted by atomic mass is 32.1. The van der Waals surface area contributed by atoms with Crippen molar-refractivity contribution in [3.8, 4) is 0 Å². The second kappa shape index (κ2) is 9.69. The average molecular weight is 347 g/mol. The summed E-state index contributed by atoms with van der Waals surface area (Å²) in [7, 11) is 0. The van der Waals surface area contributed by atoms with Gasteiger partial charge in [-0.15, -0.1) is 11.3 Å². The lowest BCUT2D eigenvalue weighted by atomic mass is 10.0. The third kappa shape index (κ3) is 6.17. The van der Waals surface area contributed by atoms with Gasteiger partial charge in [-0.25, -0.2) is 0 Å². The molecular formula is C19H25NO3S. The molecule has 0 amide bonds. The SMILES string of the molecule is CC(C)NCC(O)COC(Cc1cccs1)C(=O)c1ccccc1. The van der Waals surface area contributed by atoms with Crippen LogP contribution in [0.2, 0.25) is 0 Å². The number of nitrogens with one attached hydrogen (secondary N) is 1. The van der Waals surface area contributed by atoms with Gasteiger partial charge in [-0.1, -0.05) is 50.2 Å². The zero-order chi connectivity index (χ0) is 17.4. The molecule has 2 unspecified atom stereocenters. The minimum Gasteiger partial charge on any atom is -0.389 e. The van der Waals surface area contributed by atoms with Gasteiger partial charge in [-0.05, 0) is 11.4 Å². The van der Waals surface area contributed by atoms with Crippen LogP contribution in [0, 0.1) is 0 Å². The molecule has 1 aromatic heterocycles. The Bertz CT molecular complexity index is 598. The summed E-state index contributed by atoms with van der Waals surface area (Å²) in [6, 6.07) is 13.4. The Morgan fingerprint density at radius 3 is 2.58 bits per heavy atom. The Balaban J connectivity index is 1.99. The summed E-state index contributed by atoms with van der Waals surface area (Å²) in [6.07, 6.45) is -0.697. The molecule has 0 aliphatic heterocycles. The van der Waals surface area contributed by atoms with Gasteiger partial charge in [0.15, 0.2) is 5.78 Å². The van der Waals surface area contributed by atoms with Crippen LogP contribution in [-0.2, 0) is 11.2 Å². The third-order valence-corrected chi connectivity index (χ3v) is 4.47. The standard InChI is InChI=1S/C19H25NO3S/c1-14(2)20-12-16(21)13-23-18(11-17-9-6-10-24-17)19(22)15-7-4-3-5-8-15/h3-10,14,16,18,20-21H,11-13H2,1-2H3. The molecule has 2 N–H and O–H groups in total. The Morgan fingerprint density at radius 1 is 1.21 bits per heavy atom. The van der Waals surface area contributed by atoms with Gasteiger partial charge in [0.2, 0.25) is 0 Å². The van der Waals surface area contributed by atoms with Crippen LogP contribution in [0.4, 0.5) is 0 Å². The van der Waals surface area contributed by atoms with E-state index in [2.05, 4.69) is 5.32 Å². The number of ether oxygens (including phenoxy) is 1. The molecule has 130 valence electrons. The fourth-order valence-electron chi connectivity index (χ4n) is 2.28. The van der Waals surface area contributed by atoms with Gasteiger partial charge < -0.3 is 15.2 Å². The monoisotopic (exact) mass is 347 g/mol. The molecule has 1 heterocycles. The third-order valence-electron chi connectivity index (χ3n) is 3.57. The Hall–Kier alpha value is -1.53. The smallest absolute Gasteiger partial charge is 0.191 e. The maximum absolute atomic E-state index is 12.7. The van der Waals surface area contributed by atoms with Crippen molar-refractivity contribution in [3.05, 3.63) is 58.3 Å². The molecule has 0 radical (unpaired) electrons. The highest BCUT2D eigenvalue weighted by molar-refractivity contribution is 7.09. The van der Waals surface area contributed by atoms with Gasteiger partial charge in [-0.3, -0.25) is 4.79 Å². The summed E-state index contributed by atoms with van der Waals surface area (Å²) in [5.41, 5.74) is 0.633. The summed E-state index contributed by atoms with van der Waals surface area (Å²) in [4.78, 5) is 13.8. The highest BCUT2D eigenvalue weighted by Crippen LogP contribution is 2.16. The number of Topliss-reactive ketones (excluding diaryl/α,β-unsaturated/α-hetero) is 1. The molecule has 2 rings (SSSR count). The van der Waals surface area contributed by atoms with Gasteiger partial charge in [0, 0.05) is 29.4 Å². The average Bonchev–Trinajstić information content (AvgIpc) is 3.10. The number of ketones is 1. The van der Waals surface area contributed by atoms with E-state index in [1.54, 1.807) is 23.5 Å². The first-order chi connectivity index (χ1) is 11.6. The number of carbonyl (C=O) groups excluding carboxylic acids is 1. The molecule has 24 heavy (non-hydrogen) atoms. The first kappa shape index (κ1) is 18.8. The van der Waals surface area contributed by atoms with E-state index >= 15 is 0 Å². The first-order valence-electron chi connectivity index (χ1n) is 8.21. The van der Waals surface area contributed by atoms with E-state index in [1.807, 2.05) is 49.6 Å². The van der Waals surface area contributed by atoms with Crippen LogP contribution in [0.5, 0.6) is 0 Å². The van der Waals surface area contributed by atoms with Crippen molar-refractivity contribution in [1.29, 1.82) is 0 Å². The molecule has 0 bridgehead atoms. The minimum atomic E-state index is -0.637. The van der Waals surface area contributed by atoms with Crippen LogP contribution < -0.4 is 5.32 Å². The Kier molecular flexibility index (Phi) is 7.59. The number of hydrogen-bond acceptors (Lipinski definition) is 5. The summed E-state index contributed by atoms with van der Waals surface area (Å²) in [5, 5.41) is 15.2. The molecule has 1 aromatic carbocycles. The molecule has 2 atom stereocenters. The lowest BCUT2D eigenvalue weighted by molar-refractivity contribution is -0.00192. The zero-order valence-corrected chi connectivity index (χ0v) is 15.0.